The highest BCUT2D eigenvalue weighted by Gasteiger charge is 2.16. The maximum Gasteiger partial charge on any atom is 0.313 e. The molecule has 1 atom stereocenters. The van der Waals surface area contributed by atoms with Crippen LogP contribution in [0.15, 0.2) is 41.1 Å². The Morgan fingerprint density at radius 3 is 2.35 bits per heavy atom. The van der Waals surface area contributed by atoms with Crippen molar-refractivity contribution >= 4 is 28.8 Å². The van der Waals surface area contributed by atoms with Crippen LogP contribution in [-0.4, -0.2) is 23.5 Å². The van der Waals surface area contributed by atoms with Crippen LogP contribution in [0.1, 0.15) is 37.0 Å². The van der Waals surface area contributed by atoms with Gasteiger partial charge in [0.2, 0.25) is 0 Å². The van der Waals surface area contributed by atoms with E-state index in [4.69, 9.17) is 0 Å². The zero-order valence-corrected chi connectivity index (χ0v) is 13.9. The van der Waals surface area contributed by atoms with Gasteiger partial charge in [-0.2, -0.15) is 11.3 Å². The van der Waals surface area contributed by atoms with Gasteiger partial charge in [-0.3, -0.25) is 9.59 Å². The summed E-state index contributed by atoms with van der Waals surface area (Å²) >= 11 is 1.46. The maximum absolute atomic E-state index is 11.8. The van der Waals surface area contributed by atoms with Crippen molar-refractivity contribution in [2.75, 3.05) is 11.9 Å². The van der Waals surface area contributed by atoms with Crippen LogP contribution in [0.2, 0.25) is 0 Å². The molecule has 0 spiro atoms. The van der Waals surface area contributed by atoms with Crippen LogP contribution in [0, 0.1) is 0 Å². The molecule has 0 radical (unpaired) electrons. The normalized spacial score (nSPS) is 12.0. The molecule has 122 valence electrons. The lowest BCUT2D eigenvalue weighted by atomic mass is 10.0. The molecule has 0 bridgehead atoms. The summed E-state index contributed by atoms with van der Waals surface area (Å²) in [6, 6.07) is 9.14. The van der Waals surface area contributed by atoms with Crippen molar-refractivity contribution in [2.24, 2.45) is 0 Å². The first-order valence-electron chi connectivity index (χ1n) is 7.36. The molecule has 0 aliphatic rings. The van der Waals surface area contributed by atoms with Crippen LogP contribution in [0.3, 0.4) is 0 Å². The summed E-state index contributed by atoms with van der Waals surface area (Å²) in [6.07, 6.45) is -0.816. The van der Waals surface area contributed by atoms with Crippen LogP contribution < -0.4 is 10.6 Å². The van der Waals surface area contributed by atoms with Gasteiger partial charge in [-0.05, 0) is 46.0 Å². The number of anilines is 1. The van der Waals surface area contributed by atoms with Crippen molar-refractivity contribution in [1.82, 2.24) is 5.32 Å². The van der Waals surface area contributed by atoms with Crippen molar-refractivity contribution in [3.8, 4) is 0 Å². The zero-order valence-electron chi connectivity index (χ0n) is 13.1. The number of aliphatic hydroxyl groups excluding tert-OH is 1. The van der Waals surface area contributed by atoms with E-state index in [2.05, 4.69) is 24.5 Å². The SMILES string of the molecule is CC(C)c1ccc(NC(=O)C(=O)NCC(O)c2ccsc2)cc1. The van der Waals surface area contributed by atoms with Crippen LogP contribution in [-0.2, 0) is 9.59 Å². The van der Waals surface area contributed by atoms with Gasteiger partial charge < -0.3 is 15.7 Å². The molecule has 1 heterocycles. The van der Waals surface area contributed by atoms with Crippen molar-refractivity contribution in [2.45, 2.75) is 25.9 Å². The van der Waals surface area contributed by atoms with Crippen molar-refractivity contribution in [3.63, 3.8) is 0 Å². The van der Waals surface area contributed by atoms with E-state index in [-0.39, 0.29) is 6.54 Å². The summed E-state index contributed by atoms with van der Waals surface area (Å²) in [5.74, 6) is -1.12. The minimum atomic E-state index is -0.816. The minimum Gasteiger partial charge on any atom is -0.387 e. The lowest BCUT2D eigenvalue weighted by Gasteiger charge is -2.11. The number of amides is 2. The first-order valence-corrected chi connectivity index (χ1v) is 8.31. The van der Waals surface area contributed by atoms with Gasteiger partial charge in [0.25, 0.3) is 0 Å². The van der Waals surface area contributed by atoms with Gasteiger partial charge in [0.15, 0.2) is 0 Å². The molecule has 3 N–H and O–H groups in total. The number of hydrogen-bond acceptors (Lipinski definition) is 4. The second-order valence-corrected chi connectivity index (χ2v) is 6.29. The van der Waals surface area contributed by atoms with Gasteiger partial charge in [-0.25, -0.2) is 0 Å². The second kappa shape index (κ2) is 7.89. The molecule has 6 heteroatoms. The molecule has 2 aromatic rings. The van der Waals surface area contributed by atoms with Crippen molar-refractivity contribution < 1.29 is 14.7 Å². The summed E-state index contributed by atoms with van der Waals surface area (Å²) in [7, 11) is 0. The van der Waals surface area contributed by atoms with E-state index in [1.54, 1.807) is 23.6 Å². The number of rotatable bonds is 5. The fourth-order valence-electron chi connectivity index (χ4n) is 1.99. The van der Waals surface area contributed by atoms with E-state index in [1.165, 1.54) is 11.3 Å². The summed E-state index contributed by atoms with van der Waals surface area (Å²) in [5, 5.41) is 18.5. The standard InChI is InChI=1S/C17H20N2O3S/c1-11(2)12-3-5-14(6-4-12)19-17(22)16(21)18-9-15(20)13-7-8-23-10-13/h3-8,10-11,15,20H,9H2,1-2H3,(H,18,21)(H,19,22). The molecule has 1 aromatic heterocycles. The average Bonchev–Trinajstić information content (AvgIpc) is 3.07. The second-order valence-electron chi connectivity index (χ2n) is 5.51. The number of carbonyl (C=O) groups excluding carboxylic acids is 2. The molecule has 2 amide bonds. The molecular weight excluding hydrogens is 312 g/mol. The minimum absolute atomic E-state index is 0.00469. The largest absolute Gasteiger partial charge is 0.387 e. The van der Waals surface area contributed by atoms with Gasteiger partial charge in [0.1, 0.15) is 0 Å². The molecule has 0 saturated carbocycles. The van der Waals surface area contributed by atoms with E-state index in [0.29, 0.717) is 11.6 Å². The molecule has 1 aromatic carbocycles. The number of aliphatic hydroxyl groups is 1. The highest BCUT2D eigenvalue weighted by atomic mass is 32.1. The number of hydrogen-bond donors (Lipinski definition) is 3. The van der Waals surface area contributed by atoms with E-state index in [0.717, 1.165) is 11.1 Å². The molecule has 2 rings (SSSR count). The van der Waals surface area contributed by atoms with Crippen LogP contribution >= 0.6 is 11.3 Å². The molecule has 0 saturated heterocycles. The number of nitrogens with one attached hydrogen (secondary N) is 2. The third-order valence-electron chi connectivity index (χ3n) is 3.43. The van der Waals surface area contributed by atoms with Crippen LogP contribution in [0.5, 0.6) is 0 Å². The Hall–Kier alpha value is -2.18. The maximum atomic E-state index is 11.8. The average molecular weight is 332 g/mol. The van der Waals surface area contributed by atoms with Gasteiger partial charge in [0.05, 0.1) is 6.10 Å². The summed E-state index contributed by atoms with van der Waals surface area (Å²) in [4.78, 5) is 23.6. The first kappa shape index (κ1) is 17.2. The molecular formula is C17H20N2O3S. The Labute approximate surface area is 139 Å². The van der Waals surface area contributed by atoms with E-state index in [1.807, 2.05) is 17.5 Å². The number of benzene rings is 1. The predicted molar refractivity (Wildman–Crippen MR) is 91.4 cm³/mol. The topological polar surface area (TPSA) is 78.4 Å². The Kier molecular flexibility index (Phi) is 5.90. The van der Waals surface area contributed by atoms with Crippen LogP contribution in [0.4, 0.5) is 5.69 Å². The van der Waals surface area contributed by atoms with Crippen LogP contribution in [0.25, 0.3) is 0 Å². The van der Waals surface area contributed by atoms with Crippen molar-refractivity contribution in [1.29, 1.82) is 0 Å². The Balaban J connectivity index is 1.84. The quantitative estimate of drug-likeness (QED) is 0.737. The molecule has 0 aliphatic heterocycles. The smallest absolute Gasteiger partial charge is 0.313 e. The monoisotopic (exact) mass is 332 g/mol. The third-order valence-corrected chi connectivity index (χ3v) is 4.13. The van der Waals surface area contributed by atoms with Gasteiger partial charge in [0, 0.05) is 12.2 Å². The Bertz CT molecular complexity index is 651. The summed E-state index contributed by atoms with van der Waals surface area (Å²) < 4.78 is 0. The molecule has 5 nitrogen and oxygen atoms in total. The lowest BCUT2D eigenvalue weighted by Crippen LogP contribution is -2.37. The molecule has 23 heavy (non-hydrogen) atoms. The third kappa shape index (κ3) is 4.91. The van der Waals surface area contributed by atoms with Gasteiger partial charge >= 0.3 is 11.8 Å². The van der Waals surface area contributed by atoms with Crippen molar-refractivity contribution in [3.05, 3.63) is 52.2 Å². The van der Waals surface area contributed by atoms with E-state index >= 15 is 0 Å². The summed E-state index contributed by atoms with van der Waals surface area (Å²) in [5.41, 5.74) is 2.44. The predicted octanol–water partition coefficient (Wildman–Crippen LogP) is 2.66. The van der Waals surface area contributed by atoms with E-state index in [9.17, 15) is 14.7 Å². The molecule has 0 fully saturated rings. The van der Waals surface area contributed by atoms with Gasteiger partial charge in [-0.1, -0.05) is 26.0 Å². The number of thiophene rings is 1. The fraction of sp³-hybridized carbons (Fsp3) is 0.294. The summed E-state index contributed by atoms with van der Waals surface area (Å²) in [6.45, 7) is 4.16. The molecule has 1 unspecified atom stereocenters. The van der Waals surface area contributed by atoms with E-state index < -0.39 is 17.9 Å². The lowest BCUT2D eigenvalue weighted by molar-refractivity contribution is -0.136. The van der Waals surface area contributed by atoms with Gasteiger partial charge in [-0.15, -0.1) is 0 Å². The Morgan fingerprint density at radius 1 is 1.09 bits per heavy atom. The zero-order chi connectivity index (χ0) is 16.8. The Morgan fingerprint density at radius 2 is 1.78 bits per heavy atom. The highest BCUT2D eigenvalue weighted by Crippen LogP contribution is 2.17. The first-order chi connectivity index (χ1) is 11.0. The molecule has 0 aliphatic carbocycles. The fourth-order valence-corrected chi connectivity index (χ4v) is 2.70. The number of carbonyl (C=O) groups is 2. The highest BCUT2D eigenvalue weighted by molar-refractivity contribution is 7.07.